The smallest absolute Gasteiger partial charge is 0.333 e. The number of hydrogen-bond acceptors (Lipinski definition) is 6. The summed E-state index contributed by atoms with van der Waals surface area (Å²) in [5.74, 6) is -3.12. The van der Waals surface area contributed by atoms with Crippen LogP contribution < -0.4 is 9.46 Å². The highest BCUT2D eigenvalue weighted by molar-refractivity contribution is 7.89. The van der Waals surface area contributed by atoms with Crippen LogP contribution in [0.5, 0.6) is 11.5 Å². The number of carbonyl (C=O) groups excluding carboxylic acids is 1. The van der Waals surface area contributed by atoms with Gasteiger partial charge in [0.05, 0.1) is 11.5 Å². The standard InChI is InChI=1S/C22H26F2N2O5S/c1-5-30-22(27)15(2)12-16-13-19(23)21(20(24)14-16)31-17-6-8-18(9-7-17)32(28,29)25-10-11-26(3)4/h6-9,12-14,25H,5,10-11H2,1-4H3/b15-12+. The quantitative estimate of drug-likeness (QED) is 0.424. The van der Waals surface area contributed by atoms with E-state index in [1.165, 1.54) is 37.3 Å². The Morgan fingerprint density at radius 3 is 2.25 bits per heavy atom. The predicted octanol–water partition coefficient (Wildman–Crippen LogP) is 3.56. The van der Waals surface area contributed by atoms with Crippen molar-refractivity contribution < 1.29 is 31.5 Å². The molecule has 2 aromatic rings. The Hall–Kier alpha value is -2.82. The van der Waals surface area contributed by atoms with Gasteiger partial charge in [0.15, 0.2) is 17.4 Å². The number of nitrogens with zero attached hydrogens (tertiary/aromatic N) is 1. The Balaban J connectivity index is 2.16. The molecule has 0 aliphatic heterocycles. The van der Waals surface area contributed by atoms with Crippen LogP contribution in [-0.4, -0.2) is 53.1 Å². The van der Waals surface area contributed by atoms with Gasteiger partial charge in [0, 0.05) is 18.7 Å². The molecule has 0 radical (unpaired) electrons. The summed E-state index contributed by atoms with van der Waals surface area (Å²) in [6.07, 6.45) is 1.30. The molecule has 0 aromatic heterocycles. The van der Waals surface area contributed by atoms with Gasteiger partial charge >= 0.3 is 5.97 Å². The lowest BCUT2D eigenvalue weighted by molar-refractivity contribution is -0.138. The lowest BCUT2D eigenvalue weighted by Crippen LogP contribution is -2.31. The van der Waals surface area contributed by atoms with Gasteiger partial charge in [-0.05, 0) is 76.0 Å². The van der Waals surface area contributed by atoms with Crippen LogP contribution in [0.25, 0.3) is 6.08 Å². The first-order valence-electron chi connectivity index (χ1n) is 9.80. The Labute approximate surface area is 186 Å². The van der Waals surface area contributed by atoms with E-state index in [9.17, 15) is 22.0 Å². The van der Waals surface area contributed by atoms with Gasteiger partial charge in [0.2, 0.25) is 10.0 Å². The molecule has 0 heterocycles. The van der Waals surface area contributed by atoms with Crippen LogP contribution in [0.4, 0.5) is 8.78 Å². The number of hydrogen-bond donors (Lipinski definition) is 1. The maximum atomic E-state index is 14.4. The normalized spacial score (nSPS) is 12.2. The summed E-state index contributed by atoms with van der Waals surface area (Å²) in [5.41, 5.74) is 0.318. The monoisotopic (exact) mass is 468 g/mol. The molecule has 10 heteroatoms. The first-order chi connectivity index (χ1) is 15.0. The van der Waals surface area contributed by atoms with Gasteiger partial charge in [0.1, 0.15) is 5.75 Å². The molecule has 0 saturated heterocycles. The van der Waals surface area contributed by atoms with Gasteiger partial charge in [-0.3, -0.25) is 0 Å². The van der Waals surface area contributed by atoms with Crippen molar-refractivity contribution in [1.82, 2.24) is 9.62 Å². The zero-order chi connectivity index (χ0) is 23.9. The zero-order valence-corrected chi connectivity index (χ0v) is 19.1. The van der Waals surface area contributed by atoms with Crippen molar-refractivity contribution in [2.45, 2.75) is 18.7 Å². The van der Waals surface area contributed by atoms with Gasteiger partial charge < -0.3 is 14.4 Å². The van der Waals surface area contributed by atoms with Crippen LogP contribution in [-0.2, 0) is 19.6 Å². The number of esters is 1. The molecule has 7 nitrogen and oxygen atoms in total. The summed E-state index contributed by atoms with van der Waals surface area (Å²) in [6.45, 7) is 4.08. The molecular formula is C22H26F2N2O5S. The highest BCUT2D eigenvalue weighted by Gasteiger charge is 2.16. The van der Waals surface area contributed by atoms with E-state index in [4.69, 9.17) is 9.47 Å². The number of likely N-dealkylation sites (N-methyl/N-ethyl adjacent to an activating group) is 1. The van der Waals surface area contributed by atoms with E-state index in [0.717, 1.165) is 12.1 Å². The molecule has 0 aliphatic carbocycles. The Morgan fingerprint density at radius 1 is 1.12 bits per heavy atom. The molecule has 32 heavy (non-hydrogen) atoms. The lowest BCUT2D eigenvalue weighted by atomic mass is 10.1. The van der Waals surface area contributed by atoms with Crippen LogP contribution >= 0.6 is 0 Å². The first kappa shape index (κ1) is 25.4. The van der Waals surface area contributed by atoms with Crippen molar-refractivity contribution in [2.24, 2.45) is 0 Å². The minimum atomic E-state index is -3.71. The third kappa shape index (κ3) is 7.11. The van der Waals surface area contributed by atoms with E-state index >= 15 is 0 Å². The van der Waals surface area contributed by atoms with Crippen molar-refractivity contribution in [2.75, 3.05) is 33.8 Å². The highest BCUT2D eigenvalue weighted by Crippen LogP contribution is 2.30. The van der Waals surface area contributed by atoms with Crippen molar-refractivity contribution in [3.63, 3.8) is 0 Å². The summed E-state index contributed by atoms with van der Waals surface area (Å²) >= 11 is 0. The van der Waals surface area contributed by atoms with E-state index in [-0.39, 0.29) is 34.9 Å². The number of nitrogens with one attached hydrogen (secondary N) is 1. The van der Waals surface area contributed by atoms with Gasteiger partial charge in [-0.2, -0.15) is 0 Å². The summed E-state index contributed by atoms with van der Waals surface area (Å²) in [4.78, 5) is 13.5. The van der Waals surface area contributed by atoms with Crippen molar-refractivity contribution in [3.05, 3.63) is 59.2 Å². The fourth-order valence-electron chi connectivity index (χ4n) is 2.61. The Bertz CT molecular complexity index is 1060. The predicted molar refractivity (Wildman–Crippen MR) is 117 cm³/mol. The molecule has 1 N–H and O–H groups in total. The average molecular weight is 469 g/mol. The lowest BCUT2D eigenvalue weighted by Gasteiger charge is -2.12. The second-order valence-corrected chi connectivity index (χ2v) is 8.90. The second kappa shape index (κ2) is 11.2. The Morgan fingerprint density at radius 2 is 1.72 bits per heavy atom. The Kier molecular flexibility index (Phi) is 8.88. The molecule has 0 aliphatic rings. The van der Waals surface area contributed by atoms with Crippen LogP contribution in [0.1, 0.15) is 19.4 Å². The molecular weight excluding hydrogens is 442 g/mol. The molecule has 0 bridgehead atoms. The zero-order valence-electron chi connectivity index (χ0n) is 18.3. The number of benzene rings is 2. The van der Waals surface area contributed by atoms with Gasteiger partial charge in [-0.15, -0.1) is 0 Å². The molecule has 2 rings (SSSR count). The third-order valence-corrected chi connectivity index (χ3v) is 5.68. The summed E-state index contributed by atoms with van der Waals surface area (Å²) < 4.78 is 66.0. The highest BCUT2D eigenvalue weighted by atomic mass is 32.2. The van der Waals surface area contributed by atoms with E-state index in [2.05, 4.69) is 4.72 Å². The van der Waals surface area contributed by atoms with E-state index < -0.39 is 33.4 Å². The molecule has 0 amide bonds. The first-order valence-corrected chi connectivity index (χ1v) is 11.3. The SMILES string of the molecule is CCOC(=O)/C(C)=C/c1cc(F)c(Oc2ccc(S(=O)(=O)NCCN(C)C)cc2)c(F)c1. The van der Waals surface area contributed by atoms with Gasteiger partial charge in [0.25, 0.3) is 0 Å². The molecule has 2 aromatic carbocycles. The van der Waals surface area contributed by atoms with Gasteiger partial charge in [-0.1, -0.05) is 0 Å². The minimum absolute atomic E-state index is 0.000485. The van der Waals surface area contributed by atoms with Crippen LogP contribution in [0, 0.1) is 11.6 Å². The molecule has 174 valence electrons. The number of ether oxygens (including phenoxy) is 2. The van der Waals surface area contributed by atoms with Crippen LogP contribution in [0.3, 0.4) is 0 Å². The van der Waals surface area contributed by atoms with E-state index in [1.807, 2.05) is 19.0 Å². The van der Waals surface area contributed by atoms with Crippen LogP contribution in [0.15, 0.2) is 46.9 Å². The molecule has 0 atom stereocenters. The topological polar surface area (TPSA) is 84.9 Å². The van der Waals surface area contributed by atoms with Crippen LogP contribution in [0.2, 0.25) is 0 Å². The fourth-order valence-corrected chi connectivity index (χ4v) is 3.63. The fraction of sp³-hybridized carbons (Fsp3) is 0.318. The maximum Gasteiger partial charge on any atom is 0.333 e. The molecule has 0 unspecified atom stereocenters. The number of rotatable bonds is 10. The van der Waals surface area contributed by atoms with Crippen molar-refractivity contribution >= 4 is 22.1 Å². The maximum absolute atomic E-state index is 14.4. The molecule has 0 saturated carbocycles. The molecule has 0 fully saturated rings. The number of sulfonamides is 1. The number of halogens is 2. The number of carbonyl (C=O) groups is 1. The van der Waals surface area contributed by atoms with Crippen molar-refractivity contribution in [3.8, 4) is 11.5 Å². The molecule has 0 spiro atoms. The van der Waals surface area contributed by atoms with E-state index in [1.54, 1.807) is 6.92 Å². The van der Waals surface area contributed by atoms with Gasteiger partial charge in [-0.25, -0.2) is 26.7 Å². The average Bonchev–Trinajstić information content (AvgIpc) is 2.71. The summed E-state index contributed by atoms with van der Waals surface area (Å²) in [6, 6.07) is 7.21. The summed E-state index contributed by atoms with van der Waals surface area (Å²) in [5, 5.41) is 0. The third-order valence-electron chi connectivity index (χ3n) is 4.21. The largest absolute Gasteiger partial charge is 0.463 e. The minimum Gasteiger partial charge on any atom is -0.463 e. The van der Waals surface area contributed by atoms with E-state index in [0.29, 0.717) is 6.54 Å². The van der Waals surface area contributed by atoms with Crippen molar-refractivity contribution in [1.29, 1.82) is 0 Å². The summed E-state index contributed by atoms with van der Waals surface area (Å²) in [7, 11) is -0.0700. The second-order valence-electron chi connectivity index (χ2n) is 7.14.